The average Bonchev–Trinajstić information content (AvgIpc) is 3.79. The zero-order valence-electron chi connectivity index (χ0n) is 26.1. The molecule has 0 unspecified atom stereocenters. The Bertz CT molecular complexity index is 1950. The summed E-state index contributed by atoms with van der Waals surface area (Å²) in [6, 6.07) is 31.4. The van der Waals surface area contributed by atoms with Gasteiger partial charge in [-0.25, -0.2) is 4.68 Å². The normalized spacial score (nSPS) is 12.6. The summed E-state index contributed by atoms with van der Waals surface area (Å²) in [4.78, 5) is 15.7. The van der Waals surface area contributed by atoms with E-state index in [9.17, 15) is 23.2 Å². The number of amides is 1. The van der Waals surface area contributed by atoms with Gasteiger partial charge in [0.1, 0.15) is 12.3 Å². The van der Waals surface area contributed by atoms with E-state index in [2.05, 4.69) is 15.3 Å². The molecule has 4 aromatic carbocycles. The third-order valence-electron chi connectivity index (χ3n) is 7.93. The van der Waals surface area contributed by atoms with Gasteiger partial charge in [0.15, 0.2) is 17.2 Å². The fourth-order valence-electron chi connectivity index (χ4n) is 5.40. The Hall–Kier alpha value is -5.76. The monoisotopic (exact) mass is 651 g/mol. The first-order valence-corrected chi connectivity index (χ1v) is 15.4. The van der Waals surface area contributed by atoms with E-state index in [1.807, 2.05) is 60.7 Å². The molecule has 48 heavy (non-hydrogen) atoms. The molecule has 6 rings (SSSR count). The van der Waals surface area contributed by atoms with Crippen molar-refractivity contribution >= 4 is 17.3 Å². The number of alkyl halides is 3. The van der Waals surface area contributed by atoms with Crippen molar-refractivity contribution in [1.29, 1.82) is 5.26 Å². The van der Waals surface area contributed by atoms with Gasteiger partial charge < -0.3 is 19.7 Å². The van der Waals surface area contributed by atoms with Crippen molar-refractivity contribution in [1.82, 2.24) is 9.78 Å². The Kier molecular flexibility index (Phi) is 9.34. The molecule has 0 aliphatic heterocycles. The number of ether oxygens (including phenoxy) is 2. The molecule has 8 nitrogen and oxygen atoms in total. The van der Waals surface area contributed by atoms with E-state index in [0.29, 0.717) is 42.3 Å². The smallest absolute Gasteiger partial charge is 0.435 e. The quantitative estimate of drug-likeness (QED) is 0.147. The van der Waals surface area contributed by atoms with Crippen LogP contribution in [0.3, 0.4) is 0 Å². The fraction of sp³-hybridized carbons (Fsp3) is 0.216. The van der Waals surface area contributed by atoms with Crippen molar-refractivity contribution in [2.24, 2.45) is 5.92 Å². The molecule has 11 heteroatoms. The van der Waals surface area contributed by atoms with Gasteiger partial charge in [-0.3, -0.25) is 4.79 Å². The topological polar surface area (TPSA) is 92.4 Å². The van der Waals surface area contributed by atoms with Crippen molar-refractivity contribution in [3.63, 3.8) is 0 Å². The number of aromatic nitrogens is 2. The summed E-state index contributed by atoms with van der Waals surface area (Å²) in [5.41, 5.74) is 2.00. The lowest BCUT2D eigenvalue weighted by Crippen LogP contribution is -2.26. The van der Waals surface area contributed by atoms with Gasteiger partial charge in [-0.15, -0.1) is 0 Å². The van der Waals surface area contributed by atoms with Crippen LogP contribution in [0.1, 0.15) is 45.7 Å². The maximum Gasteiger partial charge on any atom is 0.435 e. The number of para-hydroxylation sites is 1. The molecule has 1 saturated carbocycles. The predicted octanol–water partition coefficient (Wildman–Crippen LogP) is 8.02. The number of methoxy groups -OCH3 is 1. The van der Waals surface area contributed by atoms with Crippen molar-refractivity contribution in [2.75, 3.05) is 23.9 Å². The second-order valence-corrected chi connectivity index (χ2v) is 11.5. The molecule has 0 atom stereocenters. The third-order valence-corrected chi connectivity index (χ3v) is 7.93. The molecule has 5 aromatic rings. The fourth-order valence-corrected chi connectivity index (χ4v) is 5.40. The zero-order valence-corrected chi connectivity index (χ0v) is 26.1. The molecule has 0 spiro atoms. The molecule has 1 heterocycles. The average molecular weight is 652 g/mol. The van der Waals surface area contributed by atoms with E-state index < -0.39 is 17.8 Å². The van der Waals surface area contributed by atoms with E-state index >= 15 is 0 Å². The summed E-state index contributed by atoms with van der Waals surface area (Å²) >= 11 is 0. The Morgan fingerprint density at radius 1 is 0.979 bits per heavy atom. The summed E-state index contributed by atoms with van der Waals surface area (Å²) < 4.78 is 54.0. The maximum absolute atomic E-state index is 13.7. The van der Waals surface area contributed by atoms with Crippen LogP contribution < -0.4 is 19.7 Å². The predicted molar refractivity (Wildman–Crippen MR) is 175 cm³/mol. The second-order valence-electron chi connectivity index (χ2n) is 11.5. The molecular weight excluding hydrogens is 619 g/mol. The number of carbonyl (C=O) groups excluding carboxylic acids is 1. The van der Waals surface area contributed by atoms with Crippen LogP contribution in [0.15, 0.2) is 103 Å². The SMILES string of the molecule is COc1cccc(N(Cc2cccc(NC(=O)c3cc(C(F)(F)F)nn3-c3cccc(C#N)c3)c2)CC2CC2)c1OCc1ccccc1. The lowest BCUT2D eigenvalue weighted by molar-refractivity contribution is -0.141. The maximum atomic E-state index is 13.7. The lowest BCUT2D eigenvalue weighted by Gasteiger charge is -2.28. The van der Waals surface area contributed by atoms with Gasteiger partial charge in [0.2, 0.25) is 0 Å². The minimum absolute atomic E-state index is 0.155. The minimum atomic E-state index is -4.78. The van der Waals surface area contributed by atoms with Crippen LogP contribution in [0.25, 0.3) is 5.69 Å². The zero-order chi connectivity index (χ0) is 33.7. The van der Waals surface area contributed by atoms with Crippen LogP contribution in [0, 0.1) is 17.2 Å². The molecule has 1 aliphatic rings. The summed E-state index contributed by atoms with van der Waals surface area (Å²) in [5, 5.41) is 15.7. The Labute approximate surface area is 275 Å². The van der Waals surface area contributed by atoms with E-state index in [1.165, 1.54) is 24.3 Å². The van der Waals surface area contributed by atoms with Crippen LogP contribution in [-0.4, -0.2) is 29.3 Å². The highest BCUT2D eigenvalue weighted by Gasteiger charge is 2.36. The first-order chi connectivity index (χ1) is 23.2. The number of benzene rings is 4. The molecule has 244 valence electrons. The lowest BCUT2D eigenvalue weighted by atomic mass is 10.1. The number of nitrogens with zero attached hydrogens (tertiary/aromatic N) is 4. The van der Waals surface area contributed by atoms with Crippen molar-refractivity contribution < 1.29 is 27.4 Å². The van der Waals surface area contributed by atoms with Gasteiger partial charge in [-0.2, -0.15) is 23.5 Å². The second kappa shape index (κ2) is 13.9. The first kappa shape index (κ1) is 32.2. The minimum Gasteiger partial charge on any atom is -0.493 e. The number of hydrogen-bond acceptors (Lipinski definition) is 6. The largest absolute Gasteiger partial charge is 0.493 e. The van der Waals surface area contributed by atoms with Gasteiger partial charge in [-0.05, 0) is 72.4 Å². The van der Waals surface area contributed by atoms with Gasteiger partial charge >= 0.3 is 6.18 Å². The van der Waals surface area contributed by atoms with Crippen LogP contribution >= 0.6 is 0 Å². The number of halogens is 3. The molecule has 1 aliphatic carbocycles. The van der Waals surface area contributed by atoms with Crippen LogP contribution in [0.4, 0.5) is 24.5 Å². The van der Waals surface area contributed by atoms with E-state index in [-0.39, 0.29) is 16.9 Å². The summed E-state index contributed by atoms with van der Waals surface area (Å²) in [7, 11) is 1.61. The standard InChI is InChI=1S/C37H32F3N5O3/c1-47-33-15-7-14-31(35(33)48-24-26-8-3-2-4-9-26)44(22-25-16-17-25)23-28-11-5-12-29(18-28)42-36(46)32-20-34(37(38,39)40)43-45(32)30-13-6-10-27(19-30)21-41/h2-15,18-20,25H,16-17,22-24H2,1H3,(H,42,46). The molecule has 1 fully saturated rings. The van der Waals surface area contributed by atoms with E-state index in [4.69, 9.17) is 9.47 Å². The molecule has 0 bridgehead atoms. The molecule has 1 amide bonds. The number of carbonyl (C=O) groups is 1. The first-order valence-electron chi connectivity index (χ1n) is 15.4. The number of anilines is 2. The van der Waals surface area contributed by atoms with Crippen LogP contribution in [0.2, 0.25) is 0 Å². The van der Waals surface area contributed by atoms with Gasteiger partial charge in [0.05, 0.1) is 30.1 Å². The Morgan fingerprint density at radius 3 is 2.46 bits per heavy atom. The number of nitrogens with one attached hydrogen (secondary N) is 1. The highest BCUT2D eigenvalue weighted by atomic mass is 19.4. The number of nitriles is 1. The number of hydrogen-bond donors (Lipinski definition) is 1. The molecular formula is C37H32F3N5O3. The van der Waals surface area contributed by atoms with Gasteiger partial charge in [-0.1, -0.05) is 54.6 Å². The highest BCUT2D eigenvalue weighted by Crippen LogP contribution is 2.41. The van der Waals surface area contributed by atoms with Crippen LogP contribution in [-0.2, 0) is 19.3 Å². The Morgan fingerprint density at radius 2 is 1.73 bits per heavy atom. The molecule has 0 saturated heterocycles. The van der Waals surface area contributed by atoms with Crippen molar-refractivity contribution in [3.05, 3.63) is 131 Å². The third kappa shape index (κ3) is 7.61. The van der Waals surface area contributed by atoms with Crippen molar-refractivity contribution in [3.8, 4) is 23.3 Å². The summed E-state index contributed by atoms with van der Waals surface area (Å²) in [6.45, 7) is 1.62. The number of rotatable bonds is 12. The van der Waals surface area contributed by atoms with Crippen LogP contribution in [0.5, 0.6) is 11.5 Å². The molecule has 0 radical (unpaired) electrons. The van der Waals surface area contributed by atoms with Gasteiger partial charge in [0.25, 0.3) is 5.91 Å². The Balaban J connectivity index is 1.26. The highest BCUT2D eigenvalue weighted by molar-refractivity contribution is 6.03. The molecule has 1 N–H and O–H groups in total. The molecule has 1 aromatic heterocycles. The summed E-state index contributed by atoms with van der Waals surface area (Å²) in [6.07, 6.45) is -2.52. The van der Waals surface area contributed by atoms with Gasteiger partial charge in [0, 0.05) is 24.8 Å². The van der Waals surface area contributed by atoms with E-state index in [0.717, 1.165) is 40.9 Å². The summed E-state index contributed by atoms with van der Waals surface area (Å²) in [5.74, 6) is 0.990. The van der Waals surface area contributed by atoms with Crippen molar-refractivity contribution in [2.45, 2.75) is 32.2 Å². The van der Waals surface area contributed by atoms with E-state index in [1.54, 1.807) is 25.3 Å².